The number of aryl methyl sites for hydroxylation is 2. The number of carbonyl (C=O) groups is 1. The number of halogens is 3. The number of nitrogens with zero attached hydrogens (tertiary/aromatic N) is 4. The highest BCUT2D eigenvalue weighted by molar-refractivity contribution is 7.09. The standard InChI is InChI=1S/C27H28F3N5O2S/c1-17-13-23(27(28,29)30)32-35(17)15-24(36)34-11-8-19(9-12-34)25-31-22(16-38-25)21-14-26(37-33-21)10-4-6-18-5-2-3-7-20(18)26/h2-3,5,7,13-14,16,19,33H,4,6,8-12,15H2,1H3/t26-/m1/s1. The molecule has 1 fully saturated rings. The van der Waals surface area contributed by atoms with Crippen molar-refractivity contribution in [1.29, 1.82) is 0 Å². The van der Waals surface area contributed by atoms with Gasteiger partial charge < -0.3 is 4.90 Å². The first-order valence-electron chi connectivity index (χ1n) is 12.8. The lowest BCUT2D eigenvalue weighted by Gasteiger charge is -2.32. The first-order valence-corrected chi connectivity index (χ1v) is 13.7. The fourth-order valence-corrected chi connectivity index (χ4v) is 6.65. The van der Waals surface area contributed by atoms with Gasteiger partial charge >= 0.3 is 6.18 Å². The van der Waals surface area contributed by atoms with Gasteiger partial charge in [0, 0.05) is 30.1 Å². The molecule has 0 saturated carbocycles. The molecule has 200 valence electrons. The van der Waals surface area contributed by atoms with Crippen molar-refractivity contribution in [1.82, 2.24) is 25.1 Å². The zero-order valence-corrected chi connectivity index (χ0v) is 21.7. The molecule has 3 aliphatic rings. The van der Waals surface area contributed by atoms with E-state index in [9.17, 15) is 18.0 Å². The van der Waals surface area contributed by atoms with Crippen molar-refractivity contribution in [2.45, 2.75) is 63.3 Å². The molecule has 1 saturated heterocycles. The summed E-state index contributed by atoms with van der Waals surface area (Å²) in [4.78, 5) is 25.5. The smallest absolute Gasteiger partial charge is 0.341 e. The van der Waals surface area contributed by atoms with Gasteiger partial charge in [0.1, 0.15) is 12.1 Å². The number of likely N-dealkylation sites (tertiary alicyclic amines) is 1. The molecule has 1 spiro atoms. The van der Waals surface area contributed by atoms with Gasteiger partial charge in [-0.25, -0.2) is 4.98 Å². The number of fused-ring (bicyclic) bond motifs is 2. The normalized spacial score (nSPS) is 21.9. The van der Waals surface area contributed by atoms with Crippen LogP contribution in [-0.4, -0.2) is 38.7 Å². The monoisotopic (exact) mass is 543 g/mol. The van der Waals surface area contributed by atoms with E-state index in [1.54, 1.807) is 16.2 Å². The molecule has 3 aromatic rings. The molecule has 7 nitrogen and oxygen atoms in total. The minimum atomic E-state index is -4.53. The molecule has 4 heterocycles. The second kappa shape index (κ2) is 9.53. The van der Waals surface area contributed by atoms with Crippen molar-refractivity contribution in [3.63, 3.8) is 0 Å². The number of nitrogens with one attached hydrogen (secondary N) is 1. The number of benzene rings is 1. The molecule has 1 aromatic carbocycles. The number of amides is 1. The fourth-order valence-electron chi connectivity index (χ4n) is 5.66. The number of piperidine rings is 1. The number of thiazole rings is 1. The number of aromatic nitrogens is 3. The summed E-state index contributed by atoms with van der Waals surface area (Å²) >= 11 is 1.61. The van der Waals surface area contributed by atoms with Gasteiger partial charge in [0.25, 0.3) is 0 Å². The van der Waals surface area contributed by atoms with Crippen LogP contribution in [0.2, 0.25) is 0 Å². The summed E-state index contributed by atoms with van der Waals surface area (Å²) in [6.07, 6.45) is 2.18. The van der Waals surface area contributed by atoms with Gasteiger partial charge in [-0.2, -0.15) is 18.3 Å². The van der Waals surface area contributed by atoms with Crippen molar-refractivity contribution in [3.8, 4) is 0 Å². The van der Waals surface area contributed by atoms with Crippen molar-refractivity contribution < 1.29 is 22.8 Å². The van der Waals surface area contributed by atoms with Gasteiger partial charge in [0.05, 0.1) is 16.4 Å². The Morgan fingerprint density at radius 1 is 1.26 bits per heavy atom. The number of carbonyl (C=O) groups excluding carboxylic acids is 1. The van der Waals surface area contributed by atoms with Gasteiger partial charge in [-0.1, -0.05) is 24.3 Å². The summed E-state index contributed by atoms with van der Waals surface area (Å²) in [7, 11) is 0. The third kappa shape index (κ3) is 4.62. The van der Waals surface area contributed by atoms with E-state index in [0.29, 0.717) is 18.8 Å². The zero-order chi connectivity index (χ0) is 26.5. The lowest BCUT2D eigenvalue weighted by Crippen LogP contribution is -2.40. The van der Waals surface area contributed by atoms with E-state index in [0.717, 1.165) is 59.3 Å². The van der Waals surface area contributed by atoms with E-state index >= 15 is 0 Å². The van der Waals surface area contributed by atoms with Gasteiger partial charge in [-0.05, 0) is 62.3 Å². The number of hydrogen-bond acceptors (Lipinski definition) is 6. The van der Waals surface area contributed by atoms with Crippen LogP contribution in [0.15, 0.2) is 41.8 Å². The summed E-state index contributed by atoms with van der Waals surface area (Å²) < 4.78 is 40.0. The quantitative estimate of drug-likeness (QED) is 0.491. The molecule has 38 heavy (non-hydrogen) atoms. The maximum Gasteiger partial charge on any atom is 0.435 e. The molecule has 1 amide bonds. The van der Waals surface area contributed by atoms with Crippen LogP contribution < -0.4 is 5.48 Å². The number of rotatable bonds is 4. The minimum Gasteiger partial charge on any atom is -0.341 e. The van der Waals surface area contributed by atoms with Gasteiger partial charge in [0.15, 0.2) is 5.69 Å². The van der Waals surface area contributed by atoms with Crippen LogP contribution in [0, 0.1) is 6.92 Å². The van der Waals surface area contributed by atoms with Crippen LogP contribution in [0.3, 0.4) is 0 Å². The van der Waals surface area contributed by atoms with E-state index in [4.69, 9.17) is 9.82 Å². The first-order chi connectivity index (χ1) is 18.2. The molecule has 0 unspecified atom stereocenters. The van der Waals surface area contributed by atoms with Gasteiger partial charge in [-0.15, -0.1) is 11.3 Å². The largest absolute Gasteiger partial charge is 0.435 e. The average molecular weight is 544 g/mol. The van der Waals surface area contributed by atoms with Crippen LogP contribution in [0.4, 0.5) is 13.2 Å². The Labute approximate surface area is 222 Å². The van der Waals surface area contributed by atoms with Crippen molar-refractivity contribution in [3.05, 3.63) is 75.0 Å². The van der Waals surface area contributed by atoms with Crippen LogP contribution >= 0.6 is 11.3 Å². The Kier molecular flexibility index (Phi) is 6.30. The Morgan fingerprint density at radius 3 is 2.82 bits per heavy atom. The lowest BCUT2D eigenvalue weighted by molar-refractivity contribution is -0.142. The molecule has 0 radical (unpaired) electrons. The number of hydrogen-bond donors (Lipinski definition) is 1. The predicted octanol–water partition coefficient (Wildman–Crippen LogP) is 5.18. The molecule has 0 bridgehead atoms. The molecular formula is C27H28F3N5O2S. The van der Waals surface area contributed by atoms with E-state index in [1.807, 2.05) is 5.38 Å². The van der Waals surface area contributed by atoms with E-state index in [1.165, 1.54) is 18.1 Å². The third-order valence-corrected chi connectivity index (χ3v) is 8.75. The predicted molar refractivity (Wildman–Crippen MR) is 136 cm³/mol. The highest BCUT2D eigenvalue weighted by atomic mass is 32.1. The van der Waals surface area contributed by atoms with Crippen LogP contribution in [0.5, 0.6) is 0 Å². The Morgan fingerprint density at radius 2 is 2.05 bits per heavy atom. The van der Waals surface area contributed by atoms with Crippen LogP contribution in [0.1, 0.15) is 64.8 Å². The van der Waals surface area contributed by atoms with Gasteiger partial charge in [0.2, 0.25) is 5.91 Å². The summed E-state index contributed by atoms with van der Waals surface area (Å²) in [5, 5.41) is 6.65. The highest BCUT2D eigenvalue weighted by Crippen LogP contribution is 2.44. The molecule has 2 aromatic heterocycles. The van der Waals surface area contributed by atoms with Crippen molar-refractivity contribution in [2.75, 3.05) is 13.1 Å². The second-order valence-electron chi connectivity index (χ2n) is 10.2. The molecule has 1 N–H and O–H groups in total. The first kappa shape index (κ1) is 25.1. The summed E-state index contributed by atoms with van der Waals surface area (Å²) in [5.74, 6) is 0.00656. The maximum absolute atomic E-state index is 12.9. The number of hydroxylamine groups is 1. The fraction of sp³-hybridized carbons (Fsp3) is 0.444. The van der Waals surface area contributed by atoms with Crippen LogP contribution in [0.25, 0.3) is 5.70 Å². The van der Waals surface area contributed by atoms with E-state index in [2.05, 4.69) is 40.9 Å². The maximum atomic E-state index is 12.9. The van der Waals surface area contributed by atoms with E-state index in [-0.39, 0.29) is 18.4 Å². The second-order valence-corrected chi connectivity index (χ2v) is 11.1. The minimum absolute atomic E-state index is 0.196. The SMILES string of the molecule is Cc1cc(C(F)(F)F)nn1CC(=O)N1CCC(c2nc(C3=C[C@@]4(CCCc5ccccc54)ON3)cs2)CC1. The molecule has 6 rings (SSSR count). The summed E-state index contributed by atoms with van der Waals surface area (Å²) in [6, 6.07) is 9.39. The van der Waals surface area contributed by atoms with Crippen LogP contribution in [-0.2, 0) is 34.4 Å². The highest BCUT2D eigenvalue weighted by Gasteiger charge is 2.41. The topological polar surface area (TPSA) is 72.3 Å². The molecule has 11 heteroatoms. The Bertz CT molecular complexity index is 1390. The Balaban J connectivity index is 1.09. The molecule has 2 aliphatic heterocycles. The molecule has 1 atom stereocenters. The Hall–Kier alpha value is -3.18. The van der Waals surface area contributed by atoms with Crippen molar-refractivity contribution >= 4 is 22.9 Å². The number of alkyl halides is 3. The summed E-state index contributed by atoms with van der Waals surface area (Å²) in [5.41, 5.74) is 6.27. The lowest BCUT2D eigenvalue weighted by atomic mass is 9.79. The van der Waals surface area contributed by atoms with E-state index < -0.39 is 17.5 Å². The van der Waals surface area contributed by atoms with Gasteiger partial charge in [-0.3, -0.25) is 19.8 Å². The average Bonchev–Trinajstić information content (AvgIpc) is 3.64. The molecular weight excluding hydrogens is 515 g/mol. The summed E-state index contributed by atoms with van der Waals surface area (Å²) in [6.45, 7) is 2.40. The molecule has 1 aliphatic carbocycles. The zero-order valence-electron chi connectivity index (χ0n) is 20.9. The van der Waals surface area contributed by atoms with Crippen molar-refractivity contribution in [2.24, 2.45) is 0 Å². The third-order valence-electron chi connectivity index (χ3n) is 7.74.